The minimum Gasteiger partial charge on any atom is -0.390 e. The van der Waals surface area contributed by atoms with Crippen LogP contribution < -0.4 is 10.6 Å². The molecule has 2 aromatic rings. The summed E-state index contributed by atoms with van der Waals surface area (Å²) in [6.45, 7) is 0.543. The molecule has 0 unspecified atom stereocenters. The Labute approximate surface area is 225 Å². The second-order valence-electron chi connectivity index (χ2n) is 8.22. The predicted octanol–water partition coefficient (Wildman–Crippen LogP) is -0.535. The van der Waals surface area contributed by atoms with Crippen LogP contribution in [0.3, 0.4) is 0 Å². The van der Waals surface area contributed by atoms with E-state index in [0.717, 1.165) is 22.5 Å². The number of anilines is 2. The maximum Gasteiger partial charge on any atom is 2.00 e. The monoisotopic (exact) mass is 595 g/mol. The number of amides is 2. The first-order valence-corrected chi connectivity index (χ1v) is 15.3. The quantitative estimate of drug-likeness (QED) is 0.147. The molecular formula is C22H28CuN4O8Si2+2. The number of carbonyl (C=O) groups excluding carboxylic acids is 2. The first kappa shape index (κ1) is 30.7. The topological polar surface area (TPSA) is 204 Å². The van der Waals surface area contributed by atoms with Gasteiger partial charge in [-0.2, -0.15) is 0 Å². The van der Waals surface area contributed by atoms with E-state index in [9.17, 15) is 9.59 Å². The molecule has 37 heavy (non-hydrogen) atoms. The minimum absolute atomic E-state index is 0. The molecule has 0 saturated heterocycles. The maximum atomic E-state index is 11.6. The molecule has 8 N–H and O–H groups in total. The molecule has 0 fully saturated rings. The molecule has 0 atom stereocenters. The van der Waals surface area contributed by atoms with Crippen LogP contribution in [0.25, 0.3) is 0 Å². The third kappa shape index (κ3) is 9.35. The molecule has 15 heteroatoms. The van der Waals surface area contributed by atoms with Crippen LogP contribution in [-0.4, -0.2) is 82.7 Å². The minimum atomic E-state index is -3.99. The molecule has 2 aromatic carbocycles. The van der Waals surface area contributed by atoms with E-state index in [-0.39, 0.29) is 54.1 Å². The van der Waals surface area contributed by atoms with E-state index in [1.807, 2.05) is 24.3 Å². The van der Waals surface area contributed by atoms with Gasteiger partial charge in [0.1, 0.15) is 11.4 Å². The molecule has 0 aliphatic carbocycles. The molecule has 2 aliphatic rings. The summed E-state index contributed by atoms with van der Waals surface area (Å²) < 4.78 is 0. The van der Waals surface area contributed by atoms with Crippen LogP contribution in [0.15, 0.2) is 58.5 Å². The van der Waals surface area contributed by atoms with Crippen molar-refractivity contribution in [3.05, 3.63) is 59.7 Å². The molecule has 2 aliphatic heterocycles. The molecule has 0 saturated carbocycles. The van der Waals surface area contributed by atoms with Gasteiger partial charge in [-0.1, -0.05) is 36.4 Å². The zero-order valence-corrected chi connectivity index (χ0v) is 22.5. The molecule has 0 bridgehead atoms. The molecule has 0 aromatic heterocycles. The number of benzene rings is 2. The third-order valence-electron chi connectivity index (χ3n) is 5.17. The Hall–Kier alpha value is -2.57. The summed E-state index contributed by atoms with van der Waals surface area (Å²) in [5.41, 5.74) is 3.68. The number of aliphatic imine (C=N–C) groups is 2. The molecular weight excluding hydrogens is 568 g/mol. The first-order chi connectivity index (χ1) is 16.9. The third-order valence-corrected chi connectivity index (χ3v) is 7.22. The smallest absolute Gasteiger partial charge is 0.390 e. The van der Waals surface area contributed by atoms with Gasteiger partial charge in [0.25, 0.3) is 11.8 Å². The Morgan fingerprint density at radius 1 is 0.622 bits per heavy atom. The summed E-state index contributed by atoms with van der Waals surface area (Å²) in [6, 6.07) is 14.3. The fourth-order valence-electron chi connectivity index (χ4n) is 3.53. The van der Waals surface area contributed by atoms with E-state index in [1.54, 1.807) is 24.3 Å². The van der Waals surface area contributed by atoms with Crippen molar-refractivity contribution in [1.29, 1.82) is 0 Å². The first-order valence-electron chi connectivity index (χ1n) is 11.2. The summed E-state index contributed by atoms with van der Waals surface area (Å²) >= 11 is 0. The molecule has 2 amide bonds. The van der Waals surface area contributed by atoms with Gasteiger partial charge in [0, 0.05) is 36.3 Å². The molecule has 2 heterocycles. The van der Waals surface area contributed by atoms with Crippen molar-refractivity contribution < 1.29 is 55.4 Å². The molecule has 1 radical (unpaired) electrons. The second-order valence-corrected chi connectivity index (χ2v) is 12.3. The van der Waals surface area contributed by atoms with Crippen LogP contribution in [0.4, 0.5) is 11.4 Å². The van der Waals surface area contributed by atoms with Crippen LogP contribution >= 0.6 is 0 Å². The van der Waals surface area contributed by atoms with Gasteiger partial charge in [0.2, 0.25) is 0 Å². The van der Waals surface area contributed by atoms with E-state index < -0.39 is 17.6 Å². The number of nitrogens with one attached hydrogen (secondary N) is 2. The summed E-state index contributed by atoms with van der Waals surface area (Å²) in [7, 11) is -7.98. The van der Waals surface area contributed by atoms with Crippen LogP contribution in [0.2, 0.25) is 12.1 Å². The zero-order chi connectivity index (χ0) is 26.3. The van der Waals surface area contributed by atoms with Crippen molar-refractivity contribution in [3.63, 3.8) is 0 Å². The Kier molecular flexibility index (Phi) is 11.0. The van der Waals surface area contributed by atoms with Crippen LogP contribution in [-0.2, 0) is 26.7 Å². The summed E-state index contributed by atoms with van der Waals surface area (Å²) in [4.78, 5) is 84.6. The van der Waals surface area contributed by atoms with Gasteiger partial charge in [-0.25, -0.2) is 0 Å². The molecule has 201 valence electrons. The normalized spacial score (nSPS) is 16.4. The number of para-hydroxylation sites is 2. The molecule has 0 spiro atoms. The van der Waals surface area contributed by atoms with E-state index in [2.05, 4.69) is 20.6 Å². The van der Waals surface area contributed by atoms with Crippen molar-refractivity contribution in [1.82, 2.24) is 0 Å². The average molecular weight is 596 g/mol. The zero-order valence-electron chi connectivity index (χ0n) is 19.6. The number of rotatable bonds is 8. The summed E-state index contributed by atoms with van der Waals surface area (Å²) in [5.74, 6) is -0.506. The van der Waals surface area contributed by atoms with Gasteiger partial charge in [0.05, 0.1) is 11.4 Å². The number of hydrogen-bond donors (Lipinski definition) is 8. The standard InChI is InChI=1S/2C11H14N2O4Si.Cu/c2*14-11-10(12-6-3-7-18(15,16)17)8-4-1-2-5-9(8)13-11;/h2*1-2,4-5,15-17H,3,6-7H2,(H,12,13,14);/q;;+2. The fourth-order valence-corrected chi connectivity index (χ4v) is 4.80. The number of carbonyl (C=O) groups is 2. The van der Waals surface area contributed by atoms with Gasteiger partial charge in [0.15, 0.2) is 0 Å². The summed E-state index contributed by atoms with van der Waals surface area (Å²) in [5, 5.41) is 5.39. The SMILES string of the molecule is O=C1Nc2ccccc2C1=NCCC[Si](O)(O)O.O=C1Nc2ccccc2C1=NCCC[Si](O)(O)O.[Cu+2]. The second kappa shape index (κ2) is 13.3. The van der Waals surface area contributed by atoms with Gasteiger partial charge in [-0.15, -0.1) is 0 Å². The van der Waals surface area contributed by atoms with Crippen molar-refractivity contribution >= 4 is 52.2 Å². The maximum absolute atomic E-state index is 11.6. The molecule has 4 rings (SSSR count). The van der Waals surface area contributed by atoms with Crippen LogP contribution in [0.5, 0.6) is 0 Å². The van der Waals surface area contributed by atoms with E-state index >= 15 is 0 Å². The number of hydrogen-bond acceptors (Lipinski definition) is 10. The van der Waals surface area contributed by atoms with Gasteiger partial charge in [-0.3, -0.25) is 19.6 Å². The average Bonchev–Trinajstić information content (AvgIpc) is 3.28. The Morgan fingerprint density at radius 2 is 0.973 bits per heavy atom. The summed E-state index contributed by atoms with van der Waals surface area (Å²) in [6.07, 6.45) is 0.656. The van der Waals surface area contributed by atoms with E-state index in [0.29, 0.717) is 24.3 Å². The van der Waals surface area contributed by atoms with Crippen molar-refractivity contribution in [2.75, 3.05) is 23.7 Å². The van der Waals surface area contributed by atoms with Gasteiger partial charge >= 0.3 is 34.7 Å². The Balaban J connectivity index is 0.000000253. The van der Waals surface area contributed by atoms with Crippen molar-refractivity contribution in [3.8, 4) is 0 Å². The van der Waals surface area contributed by atoms with Gasteiger partial charge < -0.3 is 39.4 Å². The van der Waals surface area contributed by atoms with Crippen molar-refractivity contribution in [2.24, 2.45) is 9.98 Å². The molecule has 12 nitrogen and oxygen atoms in total. The van der Waals surface area contributed by atoms with Gasteiger partial charge in [-0.05, 0) is 25.0 Å². The predicted molar refractivity (Wildman–Crippen MR) is 137 cm³/mol. The van der Waals surface area contributed by atoms with E-state index in [1.165, 1.54) is 0 Å². The van der Waals surface area contributed by atoms with E-state index in [4.69, 9.17) is 28.8 Å². The number of fused-ring (bicyclic) bond motifs is 2. The van der Waals surface area contributed by atoms with Crippen molar-refractivity contribution in [2.45, 2.75) is 24.9 Å². The Bertz CT molecular complexity index is 1090. The largest absolute Gasteiger partial charge is 2.00 e. The van der Waals surface area contributed by atoms with Crippen LogP contribution in [0, 0.1) is 0 Å². The van der Waals surface area contributed by atoms with Crippen LogP contribution in [0.1, 0.15) is 24.0 Å². The number of nitrogens with zero attached hydrogens (tertiary/aromatic N) is 2. The fraction of sp³-hybridized carbons (Fsp3) is 0.273. The Morgan fingerprint density at radius 3 is 1.32 bits per heavy atom.